The van der Waals surface area contributed by atoms with Gasteiger partial charge in [0.05, 0.1) is 6.04 Å². The third-order valence-corrected chi connectivity index (χ3v) is 5.98. The van der Waals surface area contributed by atoms with Gasteiger partial charge in [-0.25, -0.2) is 4.39 Å². The summed E-state index contributed by atoms with van der Waals surface area (Å²) in [6.07, 6.45) is 2.58. The molecule has 0 aromatic heterocycles. The van der Waals surface area contributed by atoms with Gasteiger partial charge in [0.2, 0.25) is 6.79 Å². The van der Waals surface area contributed by atoms with E-state index in [2.05, 4.69) is 6.07 Å². The normalized spacial score (nSPS) is 21.5. The molecule has 146 valence electrons. The number of fused-ring (bicyclic) bond motifs is 2. The number of hydrogen-bond donors (Lipinski definition) is 0. The minimum Gasteiger partial charge on any atom is -0.454 e. The van der Waals surface area contributed by atoms with Crippen molar-refractivity contribution in [3.8, 4) is 11.5 Å². The highest BCUT2D eigenvalue weighted by atomic mass is 19.1. The molecule has 28 heavy (non-hydrogen) atoms. The van der Waals surface area contributed by atoms with Crippen LogP contribution in [0.2, 0.25) is 0 Å². The molecule has 3 aliphatic heterocycles. The van der Waals surface area contributed by atoms with Crippen molar-refractivity contribution in [3.05, 3.63) is 58.9 Å². The van der Waals surface area contributed by atoms with E-state index >= 15 is 0 Å². The predicted octanol–water partition coefficient (Wildman–Crippen LogP) is 3.72. The number of ether oxygens (including phenoxy) is 3. The molecule has 2 aromatic rings. The topological polar surface area (TPSA) is 48.0 Å². The van der Waals surface area contributed by atoms with Crippen molar-refractivity contribution >= 4 is 5.91 Å². The Balaban J connectivity index is 1.54. The van der Waals surface area contributed by atoms with E-state index in [1.807, 2.05) is 11.0 Å². The van der Waals surface area contributed by atoms with Gasteiger partial charge in [0.25, 0.3) is 5.91 Å². The van der Waals surface area contributed by atoms with Crippen LogP contribution >= 0.6 is 0 Å². The Hall–Kier alpha value is -2.60. The zero-order valence-electron chi connectivity index (χ0n) is 15.5. The molecule has 0 aliphatic carbocycles. The monoisotopic (exact) mass is 383 g/mol. The molecule has 0 spiro atoms. The fourth-order valence-corrected chi connectivity index (χ4v) is 4.57. The van der Waals surface area contributed by atoms with Gasteiger partial charge >= 0.3 is 0 Å². The van der Waals surface area contributed by atoms with Crippen LogP contribution in [0.3, 0.4) is 0 Å². The molecular weight excluding hydrogens is 361 g/mol. The van der Waals surface area contributed by atoms with Crippen molar-refractivity contribution < 1.29 is 23.4 Å². The van der Waals surface area contributed by atoms with E-state index in [-0.39, 0.29) is 24.6 Å². The fourth-order valence-electron chi connectivity index (χ4n) is 4.57. The quantitative estimate of drug-likeness (QED) is 0.793. The predicted molar refractivity (Wildman–Crippen MR) is 100.0 cm³/mol. The zero-order chi connectivity index (χ0) is 19.1. The Kier molecular flexibility index (Phi) is 4.43. The van der Waals surface area contributed by atoms with Gasteiger partial charge < -0.3 is 19.1 Å². The van der Waals surface area contributed by atoms with Gasteiger partial charge in [-0.3, -0.25) is 4.79 Å². The maximum absolute atomic E-state index is 13.3. The summed E-state index contributed by atoms with van der Waals surface area (Å²) in [7, 11) is 0. The lowest BCUT2D eigenvalue weighted by molar-refractivity contribution is 0.0196. The number of halogens is 1. The smallest absolute Gasteiger partial charge is 0.254 e. The molecule has 1 fully saturated rings. The van der Waals surface area contributed by atoms with Gasteiger partial charge in [0, 0.05) is 25.3 Å². The maximum atomic E-state index is 13.3. The number of carbonyl (C=O) groups excluding carboxylic acids is 1. The Morgan fingerprint density at radius 2 is 1.75 bits per heavy atom. The SMILES string of the molecule is O=C(c1ccc(F)cc1)N1CCc2cc3c(cc2C1C1CCOCC1)OCO3. The molecule has 2 aromatic carbocycles. The van der Waals surface area contributed by atoms with Crippen molar-refractivity contribution in [2.75, 3.05) is 26.6 Å². The van der Waals surface area contributed by atoms with Crippen LogP contribution in [0.4, 0.5) is 4.39 Å². The largest absolute Gasteiger partial charge is 0.454 e. The molecule has 0 saturated carbocycles. The Morgan fingerprint density at radius 1 is 1.04 bits per heavy atom. The van der Waals surface area contributed by atoms with Gasteiger partial charge in [-0.2, -0.15) is 0 Å². The lowest BCUT2D eigenvalue weighted by Gasteiger charge is -2.43. The van der Waals surface area contributed by atoms with E-state index in [1.165, 1.54) is 17.7 Å². The second kappa shape index (κ2) is 7.09. The zero-order valence-corrected chi connectivity index (χ0v) is 15.5. The highest BCUT2D eigenvalue weighted by molar-refractivity contribution is 5.94. The summed E-state index contributed by atoms with van der Waals surface area (Å²) in [5.41, 5.74) is 2.87. The van der Waals surface area contributed by atoms with E-state index < -0.39 is 0 Å². The summed E-state index contributed by atoms with van der Waals surface area (Å²) in [6.45, 7) is 2.28. The molecular formula is C22H22FNO4. The molecule has 6 heteroatoms. The lowest BCUT2D eigenvalue weighted by atomic mass is 9.80. The first-order valence-electron chi connectivity index (χ1n) is 9.77. The van der Waals surface area contributed by atoms with Crippen LogP contribution in [0.15, 0.2) is 36.4 Å². The van der Waals surface area contributed by atoms with Crippen LogP contribution in [0, 0.1) is 11.7 Å². The third-order valence-electron chi connectivity index (χ3n) is 5.98. The summed E-state index contributed by atoms with van der Waals surface area (Å²) in [4.78, 5) is 15.3. The molecule has 3 aliphatic rings. The van der Waals surface area contributed by atoms with Crippen LogP contribution in [-0.4, -0.2) is 37.4 Å². The van der Waals surface area contributed by atoms with Crippen molar-refractivity contribution in [2.24, 2.45) is 5.92 Å². The fraction of sp³-hybridized carbons (Fsp3) is 0.409. The van der Waals surface area contributed by atoms with Gasteiger partial charge in [0.15, 0.2) is 11.5 Å². The second-order valence-corrected chi connectivity index (χ2v) is 7.55. The molecule has 0 N–H and O–H groups in total. The molecule has 1 atom stereocenters. The van der Waals surface area contributed by atoms with E-state index in [0.29, 0.717) is 31.2 Å². The van der Waals surface area contributed by atoms with Crippen LogP contribution < -0.4 is 9.47 Å². The Bertz CT molecular complexity index is 892. The summed E-state index contributed by atoms with van der Waals surface area (Å²) in [5, 5.41) is 0. The van der Waals surface area contributed by atoms with Crippen LogP contribution in [0.1, 0.15) is 40.4 Å². The highest BCUT2D eigenvalue weighted by Crippen LogP contribution is 2.45. The molecule has 1 amide bonds. The minimum absolute atomic E-state index is 0.0419. The lowest BCUT2D eigenvalue weighted by Crippen LogP contribution is -2.44. The molecule has 1 unspecified atom stereocenters. The molecule has 3 heterocycles. The first-order valence-corrected chi connectivity index (χ1v) is 9.77. The summed E-state index contributed by atoms with van der Waals surface area (Å²) in [5.74, 6) is 1.45. The Labute approximate surface area is 163 Å². The molecule has 5 nitrogen and oxygen atoms in total. The van der Waals surface area contributed by atoms with Crippen LogP contribution in [0.25, 0.3) is 0 Å². The summed E-state index contributed by atoms with van der Waals surface area (Å²) in [6, 6.07) is 9.87. The van der Waals surface area contributed by atoms with Gasteiger partial charge in [-0.05, 0) is 72.7 Å². The number of hydrogen-bond acceptors (Lipinski definition) is 4. The average Bonchev–Trinajstić information content (AvgIpc) is 3.19. The summed E-state index contributed by atoms with van der Waals surface area (Å²) >= 11 is 0. The van der Waals surface area contributed by atoms with Crippen molar-refractivity contribution in [1.29, 1.82) is 0 Å². The van der Waals surface area contributed by atoms with Gasteiger partial charge in [0.1, 0.15) is 5.82 Å². The van der Waals surface area contributed by atoms with Gasteiger partial charge in [-0.15, -0.1) is 0 Å². The molecule has 5 rings (SSSR count). The van der Waals surface area contributed by atoms with Crippen molar-refractivity contribution in [1.82, 2.24) is 4.90 Å². The highest BCUT2D eigenvalue weighted by Gasteiger charge is 2.38. The van der Waals surface area contributed by atoms with E-state index in [1.54, 1.807) is 12.1 Å². The standard InChI is InChI=1S/C22H22FNO4/c23-17-3-1-15(2-4-17)22(25)24-8-5-16-11-19-20(28-13-27-19)12-18(16)21(24)14-6-9-26-10-7-14/h1-4,11-12,14,21H,5-10,13H2. The molecule has 0 radical (unpaired) electrons. The van der Waals surface area contributed by atoms with Crippen LogP contribution in [-0.2, 0) is 11.2 Å². The molecule has 0 bridgehead atoms. The number of carbonyl (C=O) groups is 1. The van der Waals surface area contributed by atoms with Crippen molar-refractivity contribution in [3.63, 3.8) is 0 Å². The molecule has 1 saturated heterocycles. The number of benzene rings is 2. The second-order valence-electron chi connectivity index (χ2n) is 7.55. The van der Waals surface area contributed by atoms with E-state index in [4.69, 9.17) is 14.2 Å². The van der Waals surface area contributed by atoms with Crippen LogP contribution in [0.5, 0.6) is 11.5 Å². The summed E-state index contributed by atoms with van der Waals surface area (Å²) < 4.78 is 30.0. The first kappa shape index (κ1) is 17.5. The van der Waals surface area contributed by atoms with E-state index in [9.17, 15) is 9.18 Å². The number of nitrogens with zero attached hydrogens (tertiary/aromatic N) is 1. The van der Waals surface area contributed by atoms with Gasteiger partial charge in [-0.1, -0.05) is 0 Å². The third kappa shape index (κ3) is 3.02. The number of rotatable bonds is 2. The maximum Gasteiger partial charge on any atom is 0.254 e. The van der Waals surface area contributed by atoms with Crippen molar-refractivity contribution in [2.45, 2.75) is 25.3 Å². The average molecular weight is 383 g/mol. The van der Waals surface area contributed by atoms with E-state index in [0.717, 1.165) is 36.3 Å². The Morgan fingerprint density at radius 3 is 2.50 bits per heavy atom. The first-order chi connectivity index (χ1) is 13.7. The number of amides is 1. The minimum atomic E-state index is -0.339.